The van der Waals surface area contributed by atoms with Gasteiger partial charge in [0, 0.05) is 49.5 Å². The Morgan fingerprint density at radius 2 is 0.846 bits per heavy atom. The average Bonchev–Trinajstić information content (AvgIpc) is 3.93. The molecule has 0 spiro atoms. The highest BCUT2D eigenvalue weighted by Gasteiger charge is 2.24. The van der Waals surface area contributed by atoms with Crippen LogP contribution < -0.4 is 4.90 Å². The maximum Gasteiger partial charge on any atom is 0.143 e. The van der Waals surface area contributed by atoms with Gasteiger partial charge in [-0.25, -0.2) is 0 Å². The molecule has 2 heterocycles. The molecule has 0 saturated heterocycles. The summed E-state index contributed by atoms with van der Waals surface area (Å²) in [5, 5.41) is 9.62. The van der Waals surface area contributed by atoms with E-state index >= 15 is 0 Å². The van der Waals surface area contributed by atoms with E-state index in [1.54, 1.807) is 0 Å². The van der Waals surface area contributed by atoms with E-state index in [0.29, 0.717) is 0 Å². The zero-order valence-corrected chi connectivity index (χ0v) is 35.4. The number of para-hydroxylation sites is 7. The van der Waals surface area contributed by atoms with Gasteiger partial charge in [0.15, 0.2) is 0 Å². The molecule has 0 bridgehead atoms. The van der Waals surface area contributed by atoms with E-state index in [1.165, 1.54) is 48.9 Å². The molecule has 0 aliphatic carbocycles. The van der Waals surface area contributed by atoms with Gasteiger partial charge in [-0.1, -0.05) is 188 Å². The van der Waals surface area contributed by atoms with Crippen molar-refractivity contribution in [3.8, 4) is 39.1 Å². The third-order valence-corrected chi connectivity index (χ3v) is 13.2. The number of anilines is 3. The van der Waals surface area contributed by atoms with Crippen molar-refractivity contribution in [1.82, 2.24) is 4.57 Å². The van der Waals surface area contributed by atoms with E-state index in [1.807, 2.05) is 6.07 Å². The summed E-state index contributed by atoms with van der Waals surface area (Å²) in [6.07, 6.45) is 0. The van der Waals surface area contributed by atoms with Crippen LogP contribution in [0.5, 0.6) is 0 Å². The van der Waals surface area contributed by atoms with Gasteiger partial charge in [-0.05, 0) is 87.3 Å². The lowest BCUT2D eigenvalue weighted by Crippen LogP contribution is -2.13. The Kier molecular flexibility index (Phi) is 8.53. The van der Waals surface area contributed by atoms with Crippen molar-refractivity contribution in [2.75, 3.05) is 4.90 Å². The van der Waals surface area contributed by atoms with Crippen molar-refractivity contribution in [3.05, 3.63) is 243 Å². The Balaban J connectivity index is 1.08. The molecule has 3 heteroatoms. The van der Waals surface area contributed by atoms with Crippen LogP contribution in [-0.2, 0) is 0 Å². The van der Waals surface area contributed by atoms with Crippen molar-refractivity contribution in [1.29, 1.82) is 0 Å². The van der Waals surface area contributed by atoms with Crippen molar-refractivity contribution in [2.45, 2.75) is 0 Å². The molecule has 0 saturated carbocycles. The number of furan rings is 1. The van der Waals surface area contributed by atoms with Crippen LogP contribution in [0.2, 0.25) is 0 Å². The first-order chi connectivity index (χ1) is 32.3. The molecule has 11 aromatic carbocycles. The maximum absolute atomic E-state index is 6.63. The van der Waals surface area contributed by atoms with E-state index in [4.69, 9.17) is 4.42 Å². The highest BCUT2D eigenvalue weighted by atomic mass is 16.3. The predicted molar refractivity (Wildman–Crippen MR) is 274 cm³/mol. The highest BCUT2D eigenvalue weighted by molar-refractivity contribution is 6.16. The smallest absolute Gasteiger partial charge is 0.143 e. The largest absolute Gasteiger partial charge is 0.455 e. The van der Waals surface area contributed by atoms with Crippen molar-refractivity contribution in [2.24, 2.45) is 0 Å². The molecule has 304 valence electrons. The Morgan fingerprint density at radius 1 is 0.323 bits per heavy atom. The number of nitrogens with zero attached hydrogens (tertiary/aromatic N) is 2. The fourth-order valence-corrected chi connectivity index (χ4v) is 10.3. The number of fused-ring (bicyclic) bond motifs is 9. The van der Waals surface area contributed by atoms with Crippen LogP contribution in [0.25, 0.3) is 104 Å². The normalized spacial score (nSPS) is 11.7. The van der Waals surface area contributed by atoms with Gasteiger partial charge in [0.25, 0.3) is 0 Å². The topological polar surface area (TPSA) is 21.3 Å². The summed E-state index contributed by atoms with van der Waals surface area (Å²) in [4.78, 5) is 2.47. The molecule has 0 aliphatic heterocycles. The van der Waals surface area contributed by atoms with Gasteiger partial charge >= 0.3 is 0 Å². The predicted octanol–water partition coefficient (Wildman–Crippen LogP) is 17.5. The molecular formula is C62H40N2O. The Labute approximate surface area is 376 Å². The molecule has 0 N–H and O–H groups in total. The van der Waals surface area contributed by atoms with Crippen LogP contribution in [0.4, 0.5) is 17.1 Å². The first-order valence-corrected chi connectivity index (χ1v) is 22.3. The number of hydrogen-bond donors (Lipinski definition) is 0. The number of benzene rings is 11. The molecular weight excluding hydrogens is 789 g/mol. The standard InChI is InChI=1S/C62H40N2O/c1-2-22-44-42(19-1)40-55(47-24-4-3-23-46(44)47)52-29-9-12-34-57(52)63(43-21-17-20-41(39-43)45-31-18-32-54-53-30-10-16-38-61(53)65-62(45)54)56-33-11-5-25-48(56)49-26-6-13-35-58(49)64-59-36-14-7-27-50(59)51-28-8-15-37-60(51)64/h1-40H. The molecule has 13 rings (SSSR count). The monoisotopic (exact) mass is 828 g/mol. The number of hydrogen-bond acceptors (Lipinski definition) is 2. The lowest BCUT2D eigenvalue weighted by Gasteiger charge is -2.31. The van der Waals surface area contributed by atoms with Crippen molar-refractivity contribution >= 4 is 82.4 Å². The summed E-state index contributed by atoms with van der Waals surface area (Å²) in [5.41, 5.74) is 15.2. The lowest BCUT2D eigenvalue weighted by atomic mass is 9.91. The Bertz CT molecular complexity index is 3930. The van der Waals surface area contributed by atoms with Crippen LogP contribution in [0.1, 0.15) is 0 Å². The molecule has 0 fully saturated rings. The molecule has 0 aliphatic rings. The average molecular weight is 829 g/mol. The summed E-state index contributed by atoms with van der Waals surface area (Å²) >= 11 is 0. The van der Waals surface area contributed by atoms with Crippen LogP contribution in [0.15, 0.2) is 247 Å². The zero-order chi connectivity index (χ0) is 42.8. The van der Waals surface area contributed by atoms with Gasteiger partial charge in [0.2, 0.25) is 0 Å². The number of aromatic nitrogens is 1. The third kappa shape index (κ3) is 5.90. The molecule has 0 unspecified atom stereocenters. The fourth-order valence-electron chi connectivity index (χ4n) is 10.3. The van der Waals surface area contributed by atoms with Crippen LogP contribution in [-0.4, -0.2) is 4.57 Å². The van der Waals surface area contributed by atoms with Crippen LogP contribution >= 0.6 is 0 Å². The first-order valence-electron chi connectivity index (χ1n) is 22.3. The van der Waals surface area contributed by atoms with Crippen molar-refractivity contribution < 1.29 is 4.42 Å². The second-order valence-electron chi connectivity index (χ2n) is 16.8. The number of rotatable bonds is 7. The van der Waals surface area contributed by atoms with Gasteiger partial charge in [-0.3, -0.25) is 0 Å². The zero-order valence-electron chi connectivity index (χ0n) is 35.4. The van der Waals surface area contributed by atoms with E-state index in [2.05, 4.69) is 246 Å². The van der Waals surface area contributed by atoms with E-state index in [-0.39, 0.29) is 0 Å². The quantitative estimate of drug-likeness (QED) is 0.149. The van der Waals surface area contributed by atoms with Gasteiger partial charge in [0.1, 0.15) is 11.2 Å². The molecule has 0 radical (unpaired) electrons. The molecule has 3 nitrogen and oxygen atoms in total. The SMILES string of the molecule is c1cc(-c2cccc3c2oc2ccccc23)cc(N(c2ccccc2-c2ccccc2-n2c3ccccc3c3ccccc32)c2ccccc2-c2cc3ccccc3c3ccccc23)c1. The summed E-state index contributed by atoms with van der Waals surface area (Å²) in [5.74, 6) is 0. The second kappa shape index (κ2) is 15.0. The molecule has 2 aromatic heterocycles. The summed E-state index contributed by atoms with van der Waals surface area (Å²) in [6.45, 7) is 0. The first kappa shape index (κ1) is 36.9. The van der Waals surface area contributed by atoms with E-state index in [9.17, 15) is 0 Å². The summed E-state index contributed by atoms with van der Waals surface area (Å²) in [6, 6.07) is 87.9. The van der Waals surface area contributed by atoms with Gasteiger partial charge < -0.3 is 13.9 Å². The van der Waals surface area contributed by atoms with Gasteiger partial charge in [0.05, 0.1) is 28.1 Å². The third-order valence-electron chi connectivity index (χ3n) is 13.2. The minimum absolute atomic E-state index is 0.889. The molecule has 0 amide bonds. The van der Waals surface area contributed by atoms with Gasteiger partial charge in [-0.2, -0.15) is 0 Å². The molecule has 0 atom stereocenters. The van der Waals surface area contributed by atoms with Gasteiger partial charge in [-0.15, -0.1) is 0 Å². The minimum Gasteiger partial charge on any atom is -0.455 e. The summed E-state index contributed by atoms with van der Waals surface area (Å²) < 4.78 is 9.07. The summed E-state index contributed by atoms with van der Waals surface area (Å²) in [7, 11) is 0. The Hall–Kier alpha value is -8.66. The minimum atomic E-state index is 0.889. The fraction of sp³-hybridized carbons (Fsp3) is 0. The molecule has 65 heavy (non-hydrogen) atoms. The van der Waals surface area contributed by atoms with Crippen LogP contribution in [0.3, 0.4) is 0 Å². The highest BCUT2D eigenvalue weighted by Crippen LogP contribution is 2.49. The molecule has 13 aromatic rings. The maximum atomic E-state index is 6.63. The van der Waals surface area contributed by atoms with E-state index in [0.717, 1.165) is 72.5 Å². The lowest BCUT2D eigenvalue weighted by molar-refractivity contribution is 0.670. The second-order valence-corrected chi connectivity index (χ2v) is 16.8. The van der Waals surface area contributed by atoms with Crippen molar-refractivity contribution in [3.63, 3.8) is 0 Å². The van der Waals surface area contributed by atoms with E-state index < -0.39 is 0 Å². The van der Waals surface area contributed by atoms with Crippen LogP contribution in [0, 0.1) is 0 Å². The Morgan fingerprint density at radius 3 is 1.60 bits per heavy atom.